The van der Waals surface area contributed by atoms with Crippen LogP contribution in [0.5, 0.6) is 11.5 Å². The highest BCUT2D eigenvalue weighted by molar-refractivity contribution is 6.32. The van der Waals surface area contributed by atoms with E-state index in [0.29, 0.717) is 40.7 Å². The van der Waals surface area contributed by atoms with E-state index in [-0.39, 0.29) is 17.5 Å². The molecule has 2 aliphatic heterocycles. The van der Waals surface area contributed by atoms with Crippen LogP contribution in [0.15, 0.2) is 47.1 Å². The first-order chi connectivity index (χ1) is 15.0. The van der Waals surface area contributed by atoms with Gasteiger partial charge in [0.25, 0.3) is 0 Å². The van der Waals surface area contributed by atoms with Crippen LogP contribution in [-0.4, -0.2) is 38.0 Å². The van der Waals surface area contributed by atoms with Gasteiger partial charge in [-0.2, -0.15) is 0 Å². The second kappa shape index (κ2) is 8.81. The van der Waals surface area contributed by atoms with Gasteiger partial charge in [0.05, 0.1) is 18.7 Å². The van der Waals surface area contributed by atoms with Gasteiger partial charge in [0.2, 0.25) is 11.8 Å². The maximum Gasteiger partial charge on any atom is 0.363 e. The SMILES string of the molecule is CCOc1cc(/C=C2/N=C(c3ccc(N4CCCC4=O)cc3)OC2=O)cc(Cl)c1OC. The number of nitrogens with zero attached hydrogens (tertiary/aromatic N) is 2. The number of benzene rings is 2. The summed E-state index contributed by atoms with van der Waals surface area (Å²) in [7, 11) is 1.51. The van der Waals surface area contributed by atoms with Crippen molar-refractivity contribution >= 4 is 41.1 Å². The lowest BCUT2D eigenvalue weighted by atomic mass is 10.1. The summed E-state index contributed by atoms with van der Waals surface area (Å²) < 4.78 is 16.2. The fourth-order valence-electron chi connectivity index (χ4n) is 3.53. The average Bonchev–Trinajstić information content (AvgIpc) is 3.34. The Morgan fingerprint density at radius 2 is 2.00 bits per heavy atom. The van der Waals surface area contributed by atoms with E-state index in [1.165, 1.54) is 7.11 Å². The molecule has 7 nitrogen and oxygen atoms in total. The van der Waals surface area contributed by atoms with Gasteiger partial charge in [0, 0.05) is 24.2 Å². The van der Waals surface area contributed by atoms with Crippen LogP contribution in [-0.2, 0) is 14.3 Å². The topological polar surface area (TPSA) is 77.4 Å². The number of hydrogen-bond donors (Lipinski definition) is 0. The molecule has 31 heavy (non-hydrogen) atoms. The molecule has 1 fully saturated rings. The molecule has 0 radical (unpaired) electrons. The van der Waals surface area contributed by atoms with Crippen LogP contribution in [0.3, 0.4) is 0 Å². The summed E-state index contributed by atoms with van der Waals surface area (Å²) in [5.74, 6) is 0.679. The Hall–Kier alpha value is -3.32. The van der Waals surface area contributed by atoms with Crippen molar-refractivity contribution in [1.82, 2.24) is 0 Å². The fourth-order valence-corrected chi connectivity index (χ4v) is 3.82. The Kier molecular flexibility index (Phi) is 5.95. The Morgan fingerprint density at radius 3 is 2.65 bits per heavy atom. The lowest BCUT2D eigenvalue weighted by molar-refractivity contribution is -0.130. The number of amides is 1. The van der Waals surface area contributed by atoms with Gasteiger partial charge < -0.3 is 19.1 Å². The van der Waals surface area contributed by atoms with Gasteiger partial charge in [-0.1, -0.05) is 11.6 Å². The number of cyclic esters (lactones) is 1. The Labute approximate surface area is 184 Å². The zero-order chi connectivity index (χ0) is 22.0. The van der Waals surface area contributed by atoms with Crippen molar-refractivity contribution in [3.05, 3.63) is 58.2 Å². The molecule has 2 heterocycles. The molecular weight excluding hydrogens is 420 g/mol. The van der Waals surface area contributed by atoms with Gasteiger partial charge in [-0.05, 0) is 61.4 Å². The molecule has 0 spiro atoms. The van der Waals surface area contributed by atoms with Crippen molar-refractivity contribution in [2.75, 3.05) is 25.2 Å². The van der Waals surface area contributed by atoms with Crippen LogP contribution < -0.4 is 14.4 Å². The van der Waals surface area contributed by atoms with Crippen LogP contribution in [0.4, 0.5) is 5.69 Å². The Bertz CT molecular complexity index is 1090. The minimum absolute atomic E-state index is 0.118. The Balaban J connectivity index is 1.60. The molecule has 160 valence electrons. The number of carbonyl (C=O) groups is 2. The summed E-state index contributed by atoms with van der Waals surface area (Å²) in [4.78, 5) is 30.3. The molecule has 2 aromatic carbocycles. The monoisotopic (exact) mass is 440 g/mol. The van der Waals surface area contributed by atoms with Crippen molar-refractivity contribution in [3.63, 3.8) is 0 Å². The molecule has 4 rings (SSSR count). The molecule has 0 aromatic heterocycles. The lowest BCUT2D eigenvalue weighted by Gasteiger charge is -2.15. The highest BCUT2D eigenvalue weighted by Crippen LogP contribution is 2.37. The van der Waals surface area contributed by atoms with Crippen LogP contribution in [0, 0.1) is 0 Å². The third kappa shape index (κ3) is 4.27. The molecule has 0 unspecified atom stereocenters. The van der Waals surface area contributed by atoms with E-state index in [1.807, 2.05) is 19.1 Å². The second-order valence-electron chi connectivity index (χ2n) is 7.00. The number of anilines is 1. The molecular formula is C23H21ClN2O5. The first-order valence-electron chi connectivity index (χ1n) is 9.94. The van der Waals surface area contributed by atoms with Crippen molar-refractivity contribution in [2.45, 2.75) is 19.8 Å². The molecule has 0 bridgehead atoms. The van der Waals surface area contributed by atoms with Gasteiger partial charge in [-0.25, -0.2) is 9.79 Å². The molecule has 8 heteroatoms. The van der Waals surface area contributed by atoms with E-state index in [9.17, 15) is 9.59 Å². The minimum atomic E-state index is -0.557. The molecule has 0 N–H and O–H groups in total. The van der Waals surface area contributed by atoms with Crippen LogP contribution in [0.1, 0.15) is 30.9 Å². The number of esters is 1. The number of aliphatic imine (C=N–C) groups is 1. The quantitative estimate of drug-likeness (QED) is 0.496. The second-order valence-corrected chi connectivity index (χ2v) is 7.41. The van der Waals surface area contributed by atoms with E-state index in [4.69, 9.17) is 25.8 Å². The average molecular weight is 441 g/mol. The number of carbonyl (C=O) groups excluding carboxylic acids is 2. The third-order valence-electron chi connectivity index (χ3n) is 4.96. The molecule has 2 aromatic rings. The first kappa shape index (κ1) is 20.9. The van der Waals surface area contributed by atoms with Gasteiger partial charge in [0.1, 0.15) is 0 Å². The zero-order valence-corrected chi connectivity index (χ0v) is 17.9. The summed E-state index contributed by atoms with van der Waals surface area (Å²) in [6.07, 6.45) is 3.01. The molecule has 0 atom stereocenters. The molecule has 0 saturated carbocycles. The van der Waals surface area contributed by atoms with E-state index in [1.54, 1.807) is 35.2 Å². The minimum Gasteiger partial charge on any atom is -0.491 e. The fraction of sp³-hybridized carbons (Fsp3) is 0.261. The number of rotatable bonds is 6. The standard InChI is InChI=1S/C23H21ClN2O5/c1-3-30-19-13-14(11-17(24)21(19)29-2)12-18-23(28)31-22(25-18)15-6-8-16(9-7-15)26-10-4-5-20(26)27/h6-9,11-13H,3-5,10H2,1-2H3/b18-12+. The maximum atomic E-state index is 12.4. The predicted octanol–water partition coefficient (Wildman–Crippen LogP) is 4.22. The van der Waals surface area contributed by atoms with Crippen LogP contribution >= 0.6 is 11.6 Å². The van der Waals surface area contributed by atoms with E-state index < -0.39 is 5.97 Å². The van der Waals surface area contributed by atoms with Crippen molar-refractivity contribution in [1.29, 1.82) is 0 Å². The summed E-state index contributed by atoms with van der Waals surface area (Å²) in [6.45, 7) is 3.01. The van der Waals surface area contributed by atoms with Crippen molar-refractivity contribution < 1.29 is 23.8 Å². The number of hydrogen-bond acceptors (Lipinski definition) is 6. The number of ether oxygens (including phenoxy) is 3. The maximum absolute atomic E-state index is 12.4. The molecule has 2 aliphatic rings. The molecule has 0 aliphatic carbocycles. The normalized spacial score (nSPS) is 17.2. The van der Waals surface area contributed by atoms with E-state index in [0.717, 1.165) is 18.7 Å². The van der Waals surface area contributed by atoms with Gasteiger partial charge in [-0.3, -0.25) is 4.79 Å². The highest BCUT2D eigenvalue weighted by Gasteiger charge is 2.26. The third-order valence-corrected chi connectivity index (χ3v) is 5.24. The summed E-state index contributed by atoms with van der Waals surface area (Å²) in [6, 6.07) is 10.6. The Morgan fingerprint density at radius 1 is 1.23 bits per heavy atom. The van der Waals surface area contributed by atoms with Crippen molar-refractivity contribution in [2.24, 2.45) is 4.99 Å². The van der Waals surface area contributed by atoms with E-state index >= 15 is 0 Å². The van der Waals surface area contributed by atoms with Crippen molar-refractivity contribution in [3.8, 4) is 11.5 Å². The first-order valence-corrected chi connectivity index (χ1v) is 10.3. The zero-order valence-electron chi connectivity index (χ0n) is 17.2. The number of halogens is 1. The van der Waals surface area contributed by atoms with Gasteiger partial charge in [-0.15, -0.1) is 0 Å². The lowest BCUT2D eigenvalue weighted by Crippen LogP contribution is -2.23. The number of methoxy groups -OCH3 is 1. The highest BCUT2D eigenvalue weighted by atomic mass is 35.5. The van der Waals surface area contributed by atoms with Gasteiger partial charge in [0.15, 0.2) is 17.2 Å². The van der Waals surface area contributed by atoms with E-state index in [2.05, 4.69) is 4.99 Å². The summed E-state index contributed by atoms with van der Waals surface area (Å²) in [5.41, 5.74) is 2.25. The summed E-state index contributed by atoms with van der Waals surface area (Å²) in [5, 5.41) is 0.364. The van der Waals surface area contributed by atoms with Gasteiger partial charge >= 0.3 is 5.97 Å². The smallest absolute Gasteiger partial charge is 0.363 e. The van der Waals surface area contributed by atoms with Crippen LogP contribution in [0.25, 0.3) is 6.08 Å². The molecule has 1 amide bonds. The summed E-state index contributed by atoms with van der Waals surface area (Å²) >= 11 is 6.28. The molecule has 1 saturated heterocycles. The largest absolute Gasteiger partial charge is 0.491 e. The predicted molar refractivity (Wildman–Crippen MR) is 118 cm³/mol. The van der Waals surface area contributed by atoms with Crippen LogP contribution in [0.2, 0.25) is 5.02 Å².